The van der Waals surface area contributed by atoms with Crippen molar-refractivity contribution >= 4 is 58.0 Å². The lowest BCUT2D eigenvalue weighted by Crippen LogP contribution is -2.55. The topological polar surface area (TPSA) is 96.2 Å². The van der Waals surface area contributed by atoms with Crippen LogP contribution in [0, 0.1) is 0 Å². The molecule has 0 spiro atoms. The number of benzene rings is 1. The highest BCUT2D eigenvalue weighted by Gasteiger charge is 2.41. The fourth-order valence-corrected chi connectivity index (χ4v) is 5.08. The van der Waals surface area contributed by atoms with E-state index in [1.54, 1.807) is 24.3 Å². The van der Waals surface area contributed by atoms with Gasteiger partial charge in [0.15, 0.2) is 0 Å². The first kappa shape index (κ1) is 22.5. The molecule has 3 rings (SSSR count). The number of hydrogen-bond acceptors (Lipinski definition) is 4. The molecule has 1 aliphatic rings. The molecule has 2 heterocycles. The molecule has 3 amide bonds. The van der Waals surface area contributed by atoms with Crippen LogP contribution in [0.1, 0.15) is 48.5 Å². The van der Waals surface area contributed by atoms with Gasteiger partial charge in [-0.05, 0) is 63.9 Å². The van der Waals surface area contributed by atoms with Crippen molar-refractivity contribution < 1.29 is 9.59 Å². The number of halogens is 2. The molecule has 1 aromatic heterocycles. The van der Waals surface area contributed by atoms with Gasteiger partial charge < -0.3 is 16.4 Å². The molecule has 0 fully saturated rings. The summed E-state index contributed by atoms with van der Waals surface area (Å²) < 4.78 is 0. The number of amides is 3. The number of fused-ring (bicyclic) bond motifs is 1. The van der Waals surface area contributed by atoms with Crippen molar-refractivity contribution in [3.05, 3.63) is 45.3 Å². The lowest BCUT2D eigenvalue weighted by Gasteiger charge is -2.42. The van der Waals surface area contributed by atoms with Gasteiger partial charge >= 0.3 is 6.03 Å². The van der Waals surface area contributed by atoms with E-state index in [0.717, 1.165) is 10.4 Å². The summed E-state index contributed by atoms with van der Waals surface area (Å²) in [6.45, 7) is 8.29. The number of anilines is 2. The smallest absolute Gasteiger partial charge is 0.324 e. The van der Waals surface area contributed by atoms with E-state index in [2.05, 4.69) is 43.6 Å². The molecule has 9 heteroatoms. The Morgan fingerprint density at radius 2 is 1.75 bits per heavy atom. The molecule has 152 valence electrons. The van der Waals surface area contributed by atoms with Gasteiger partial charge in [0.2, 0.25) is 0 Å². The van der Waals surface area contributed by atoms with Crippen LogP contribution in [0.5, 0.6) is 0 Å². The summed E-state index contributed by atoms with van der Waals surface area (Å²) in [6.07, 6.45) is 0.654. The molecular weight excluding hydrogens is 419 g/mol. The average Bonchev–Trinajstić information content (AvgIpc) is 2.86. The predicted molar refractivity (Wildman–Crippen MR) is 118 cm³/mol. The van der Waals surface area contributed by atoms with Gasteiger partial charge in [-0.25, -0.2) is 4.79 Å². The van der Waals surface area contributed by atoms with Crippen LogP contribution in [0.15, 0.2) is 24.3 Å². The zero-order valence-electron chi connectivity index (χ0n) is 16.1. The standard InChI is InChI=1S/C19H23ClN4O2S.ClH/c1-18(2)9-12-13(15(21)25)16(27-14(12)19(3,4)24-18)23-17(26)22-11-7-5-10(20)6-8-11;/h5-8,24H,9H2,1-4H3,(H2,21,25)(H2,22,23,26);1H. The quantitative estimate of drug-likeness (QED) is 0.553. The Bertz CT molecular complexity index is 907. The molecule has 0 bridgehead atoms. The Morgan fingerprint density at radius 1 is 1.14 bits per heavy atom. The molecule has 0 saturated heterocycles. The van der Waals surface area contributed by atoms with Gasteiger partial charge in [-0.2, -0.15) is 0 Å². The first-order valence-electron chi connectivity index (χ1n) is 8.57. The normalized spacial score (nSPS) is 16.5. The molecule has 0 aliphatic carbocycles. The number of carbonyl (C=O) groups excluding carboxylic acids is 2. The zero-order valence-corrected chi connectivity index (χ0v) is 18.5. The van der Waals surface area contributed by atoms with Crippen molar-refractivity contribution in [3.63, 3.8) is 0 Å². The molecule has 1 aromatic carbocycles. The molecule has 0 atom stereocenters. The van der Waals surface area contributed by atoms with E-state index in [0.29, 0.717) is 27.7 Å². The number of primary amides is 1. The van der Waals surface area contributed by atoms with E-state index < -0.39 is 11.9 Å². The van der Waals surface area contributed by atoms with Gasteiger partial charge in [-0.3, -0.25) is 10.1 Å². The third-order valence-corrected chi connectivity index (χ3v) is 6.14. The predicted octanol–water partition coefficient (Wildman–Crippen LogP) is 4.73. The number of urea groups is 1. The number of hydrogen-bond donors (Lipinski definition) is 4. The Kier molecular flexibility index (Phi) is 6.35. The molecule has 2 aromatic rings. The molecule has 1 aliphatic heterocycles. The van der Waals surface area contributed by atoms with Crippen LogP contribution >= 0.6 is 35.3 Å². The van der Waals surface area contributed by atoms with E-state index in [-0.39, 0.29) is 23.5 Å². The molecule has 5 N–H and O–H groups in total. The van der Waals surface area contributed by atoms with Crippen LogP contribution in [-0.2, 0) is 12.0 Å². The van der Waals surface area contributed by atoms with E-state index >= 15 is 0 Å². The third kappa shape index (κ3) is 4.60. The van der Waals surface area contributed by atoms with Crippen LogP contribution in [0.3, 0.4) is 0 Å². The van der Waals surface area contributed by atoms with Crippen LogP contribution < -0.4 is 21.7 Å². The van der Waals surface area contributed by atoms with Crippen LogP contribution in [-0.4, -0.2) is 17.5 Å². The number of thiophene rings is 1. The average molecular weight is 443 g/mol. The van der Waals surface area contributed by atoms with Crippen molar-refractivity contribution in [1.82, 2.24) is 5.32 Å². The summed E-state index contributed by atoms with van der Waals surface area (Å²) >= 11 is 7.24. The highest BCUT2D eigenvalue weighted by atomic mass is 35.5. The maximum Gasteiger partial charge on any atom is 0.324 e. The summed E-state index contributed by atoms with van der Waals surface area (Å²) in [5.41, 5.74) is 7.04. The van der Waals surface area contributed by atoms with Crippen molar-refractivity contribution in [3.8, 4) is 0 Å². The van der Waals surface area contributed by atoms with E-state index in [9.17, 15) is 9.59 Å². The lowest BCUT2D eigenvalue weighted by molar-refractivity contribution is 0.0999. The number of rotatable bonds is 3. The van der Waals surface area contributed by atoms with Gasteiger partial charge in [0.05, 0.1) is 5.56 Å². The van der Waals surface area contributed by atoms with Crippen molar-refractivity contribution in [2.45, 2.75) is 45.2 Å². The summed E-state index contributed by atoms with van der Waals surface area (Å²) in [4.78, 5) is 25.6. The van der Waals surface area contributed by atoms with Crippen LogP contribution in [0.4, 0.5) is 15.5 Å². The maximum absolute atomic E-state index is 12.4. The van der Waals surface area contributed by atoms with Gasteiger partial charge in [-0.1, -0.05) is 11.6 Å². The first-order chi connectivity index (χ1) is 12.5. The Labute approximate surface area is 179 Å². The second-order valence-corrected chi connectivity index (χ2v) is 9.33. The molecule has 0 radical (unpaired) electrons. The van der Waals surface area contributed by atoms with Gasteiger partial charge in [0.25, 0.3) is 5.91 Å². The third-order valence-electron chi connectivity index (χ3n) is 4.42. The Hall–Kier alpha value is -1.80. The maximum atomic E-state index is 12.4. The minimum Gasteiger partial charge on any atom is -0.365 e. The summed E-state index contributed by atoms with van der Waals surface area (Å²) in [7, 11) is 0. The molecule has 6 nitrogen and oxygen atoms in total. The second-order valence-electron chi connectivity index (χ2n) is 7.87. The van der Waals surface area contributed by atoms with Crippen LogP contribution in [0.25, 0.3) is 0 Å². The second kappa shape index (κ2) is 7.91. The SMILES string of the molecule is CC1(C)Cc2c(sc(NC(=O)Nc3ccc(Cl)cc3)c2C(N)=O)C(C)(C)N1.Cl. The molecule has 28 heavy (non-hydrogen) atoms. The van der Waals surface area contributed by atoms with Crippen molar-refractivity contribution in [2.75, 3.05) is 10.6 Å². The molecule has 0 saturated carbocycles. The van der Waals surface area contributed by atoms with Crippen molar-refractivity contribution in [1.29, 1.82) is 0 Å². The Morgan fingerprint density at radius 3 is 2.32 bits per heavy atom. The number of nitrogens with one attached hydrogen (secondary N) is 3. The van der Waals surface area contributed by atoms with Crippen molar-refractivity contribution in [2.24, 2.45) is 5.73 Å². The zero-order chi connectivity index (χ0) is 20.0. The highest BCUT2D eigenvalue weighted by Crippen LogP contribution is 2.44. The van der Waals surface area contributed by atoms with Gasteiger partial charge in [0, 0.05) is 26.7 Å². The van der Waals surface area contributed by atoms with Gasteiger partial charge in [0.1, 0.15) is 5.00 Å². The fourth-order valence-electron chi connectivity index (χ4n) is 3.67. The van der Waals surface area contributed by atoms with E-state index in [4.69, 9.17) is 17.3 Å². The summed E-state index contributed by atoms with van der Waals surface area (Å²) in [5.74, 6) is -0.539. The van der Waals surface area contributed by atoms with Crippen LogP contribution in [0.2, 0.25) is 5.02 Å². The monoisotopic (exact) mass is 442 g/mol. The minimum absolute atomic E-state index is 0. The van der Waals surface area contributed by atoms with Gasteiger partial charge in [-0.15, -0.1) is 23.7 Å². The summed E-state index contributed by atoms with van der Waals surface area (Å²) in [5, 5.41) is 10.1. The first-order valence-corrected chi connectivity index (χ1v) is 9.77. The fraction of sp³-hybridized carbons (Fsp3) is 0.368. The molecule has 0 unspecified atom stereocenters. The lowest BCUT2D eigenvalue weighted by atomic mass is 9.81. The van der Waals surface area contributed by atoms with E-state index in [1.165, 1.54) is 11.3 Å². The Balaban J connectivity index is 0.00000280. The van der Waals surface area contributed by atoms with E-state index in [1.807, 2.05) is 0 Å². The molecular formula is C19H24Cl2N4O2S. The summed E-state index contributed by atoms with van der Waals surface area (Å²) in [6, 6.07) is 6.33. The highest BCUT2D eigenvalue weighted by molar-refractivity contribution is 7.17. The number of carbonyl (C=O) groups is 2. The number of nitrogens with two attached hydrogens (primary N) is 1. The largest absolute Gasteiger partial charge is 0.365 e. The minimum atomic E-state index is -0.539.